The van der Waals surface area contributed by atoms with Crippen molar-refractivity contribution in [3.05, 3.63) is 205 Å². The van der Waals surface area contributed by atoms with Gasteiger partial charge >= 0.3 is 0 Å². The molecule has 0 amide bonds. The lowest BCUT2D eigenvalue weighted by molar-refractivity contribution is 0.766. The average Bonchev–Trinajstić information content (AvgIpc) is 3.74. The van der Waals surface area contributed by atoms with Crippen LogP contribution >= 0.6 is 0 Å². The van der Waals surface area contributed by atoms with E-state index in [1.165, 1.54) is 77.6 Å². The molecule has 0 spiro atoms. The molecular formula is C48H35N3. The van der Waals surface area contributed by atoms with Crippen LogP contribution in [0, 0.1) is 0 Å². The molecule has 51 heavy (non-hydrogen) atoms. The summed E-state index contributed by atoms with van der Waals surface area (Å²) in [5.41, 5.74) is 14.5. The highest BCUT2D eigenvalue weighted by Crippen LogP contribution is 2.42. The molecule has 1 N–H and O–H groups in total. The molecule has 2 aromatic heterocycles. The zero-order valence-corrected chi connectivity index (χ0v) is 28.1. The van der Waals surface area contributed by atoms with E-state index >= 15 is 0 Å². The SMILES string of the molecule is C1=C(c2ccc3c4ccccc4n(-c4ccccc4)c3c2)c2[nH]c3ccccc3c2CC1N(c1ccccc1)c1cccc(-c2ccccc2)c1. The van der Waals surface area contributed by atoms with Gasteiger partial charge in [-0.3, -0.25) is 0 Å². The molecule has 1 aliphatic rings. The Bertz CT molecular complexity index is 2720. The van der Waals surface area contributed by atoms with Gasteiger partial charge in [0.25, 0.3) is 0 Å². The highest BCUT2D eigenvalue weighted by molar-refractivity contribution is 6.10. The molecule has 0 saturated heterocycles. The predicted molar refractivity (Wildman–Crippen MR) is 214 cm³/mol. The van der Waals surface area contributed by atoms with E-state index in [0.717, 1.165) is 12.1 Å². The highest BCUT2D eigenvalue weighted by atomic mass is 15.2. The molecule has 2 heterocycles. The molecule has 9 aromatic rings. The number of H-pyrrole nitrogens is 1. The van der Waals surface area contributed by atoms with Gasteiger partial charge in [-0.2, -0.15) is 0 Å². The second-order valence-corrected chi connectivity index (χ2v) is 13.4. The predicted octanol–water partition coefficient (Wildman–Crippen LogP) is 12.1. The van der Waals surface area contributed by atoms with Crippen molar-refractivity contribution in [3.8, 4) is 16.8 Å². The smallest absolute Gasteiger partial charge is 0.0573 e. The topological polar surface area (TPSA) is 24.0 Å². The fourth-order valence-electron chi connectivity index (χ4n) is 8.17. The number of fused-ring (bicyclic) bond motifs is 6. The van der Waals surface area contributed by atoms with E-state index in [0.29, 0.717) is 0 Å². The van der Waals surface area contributed by atoms with E-state index in [9.17, 15) is 0 Å². The van der Waals surface area contributed by atoms with Gasteiger partial charge in [-0.1, -0.05) is 133 Å². The maximum atomic E-state index is 3.86. The van der Waals surface area contributed by atoms with Gasteiger partial charge in [-0.05, 0) is 83.3 Å². The van der Waals surface area contributed by atoms with Crippen molar-refractivity contribution in [1.29, 1.82) is 0 Å². The Morgan fingerprint density at radius 2 is 1.14 bits per heavy atom. The maximum absolute atomic E-state index is 3.86. The largest absolute Gasteiger partial charge is 0.354 e. The highest BCUT2D eigenvalue weighted by Gasteiger charge is 2.30. The Hall–Kier alpha value is -6.58. The van der Waals surface area contributed by atoms with Gasteiger partial charge in [0, 0.05) is 44.3 Å². The fourth-order valence-corrected chi connectivity index (χ4v) is 8.17. The van der Waals surface area contributed by atoms with E-state index in [1.54, 1.807) is 0 Å². The van der Waals surface area contributed by atoms with Crippen molar-refractivity contribution < 1.29 is 0 Å². The van der Waals surface area contributed by atoms with Crippen molar-refractivity contribution in [3.63, 3.8) is 0 Å². The van der Waals surface area contributed by atoms with Crippen molar-refractivity contribution in [2.75, 3.05) is 4.90 Å². The summed E-state index contributed by atoms with van der Waals surface area (Å²) in [6, 6.07) is 65.8. The number of nitrogens with zero attached hydrogens (tertiary/aromatic N) is 2. The summed E-state index contributed by atoms with van der Waals surface area (Å²) in [5.74, 6) is 0. The van der Waals surface area contributed by atoms with Crippen molar-refractivity contribution >= 4 is 49.7 Å². The first-order chi connectivity index (χ1) is 25.3. The molecule has 0 saturated carbocycles. The third kappa shape index (κ3) is 4.97. The summed E-state index contributed by atoms with van der Waals surface area (Å²) >= 11 is 0. The van der Waals surface area contributed by atoms with Gasteiger partial charge in [0.05, 0.1) is 22.8 Å². The molecule has 3 heteroatoms. The minimum atomic E-state index is 0.0656. The Morgan fingerprint density at radius 1 is 0.490 bits per heavy atom. The first kappa shape index (κ1) is 29.3. The molecule has 0 bridgehead atoms. The van der Waals surface area contributed by atoms with E-state index in [2.05, 4.69) is 203 Å². The lowest BCUT2D eigenvalue weighted by atomic mass is 9.86. The maximum Gasteiger partial charge on any atom is 0.0573 e. The van der Waals surface area contributed by atoms with Gasteiger partial charge in [0.1, 0.15) is 0 Å². The van der Waals surface area contributed by atoms with Crippen molar-refractivity contribution in [1.82, 2.24) is 9.55 Å². The number of hydrogen-bond donors (Lipinski definition) is 1. The Labute approximate surface area is 297 Å². The standard InChI is InChI=1S/C48H35N3/c1-4-15-33(16-5-1)34-17-14-22-38(29-34)50(36-18-6-2-7-19-36)39-31-43(48-44(32-39)40-23-10-12-25-45(40)49-48)35-27-28-42-41-24-11-13-26-46(41)51(47(42)30-35)37-20-8-3-9-21-37/h1-31,39,49H,32H2. The van der Waals surface area contributed by atoms with E-state index in [1.807, 2.05) is 0 Å². The molecular weight excluding hydrogens is 619 g/mol. The first-order valence-electron chi connectivity index (χ1n) is 17.7. The summed E-state index contributed by atoms with van der Waals surface area (Å²) in [6.07, 6.45) is 3.37. The van der Waals surface area contributed by atoms with Gasteiger partial charge in [-0.15, -0.1) is 0 Å². The second kappa shape index (κ2) is 12.1. The van der Waals surface area contributed by atoms with Crippen LogP contribution in [0.2, 0.25) is 0 Å². The van der Waals surface area contributed by atoms with Crippen LogP contribution in [0.4, 0.5) is 11.4 Å². The van der Waals surface area contributed by atoms with E-state index < -0.39 is 0 Å². The number of anilines is 2. The number of aromatic nitrogens is 2. The third-order valence-corrected chi connectivity index (χ3v) is 10.5. The fraction of sp³-hybridized carbons (Fsp3) is 0.0417. The van der Waals surface area contributed by atoms with Crippen molar-refractivity contribution in [2.45, 2.75) is 12.5 Å². The molecule has 242 valence electrons. The first-order valence-corrected chi connectivity index (χ1v) is 17.7. The summed E-state index contributed by atoms with van der Waals surface area (Å²) < 4.78 is 2.41. The monoisotopic (exact) mass is 653 g/mol. The van der Waals surface area contributed by atoms with Crippen LogP contribution in [0.3, 0.4) is 0 Å². The molecule has 0 fully saturated rings. The van der Waals surface area contributed by atoms with Crippen LogP contribution in [-0.2, 0) is 6.42 Å². The van der Waals surface area contributed by atoms with Crippen molar-refractivity contribution in [2.24, 2.45) is 0 Å². The number of para-hydroxylation sites is 4. The summed E-state index contributed by atoms with van der Waals surface area (Å²) in [7, 11) is 0. The average molecular weight is 654 g/mol. The van der Waals surface area contributed by atoms with Gasteiger partial charge in [-0.25, -0.2) is 0 Å². The number of nitrogens with one attached hydrogen (secondary N) is 1. The van der Waals surface area contributed by atoms with Crippen LogP contribution in [0.25, 0.3) is 55.1 Å². The molecule has 0 aliphatic heterocycles. The zero-order chi connectivity index (χ0) is 33.7. The second-order valence-electron chi connectivity index (χ2n) is 13.4. The zero-order valence-electron chi connectivity index (χ0n) is 28.1. The Kier molecular flexibility index (Phi) is 6.95. The Morgan fingerprint density at radius 3 is 1.96 bits per heavy atom. The molecule has 7 aromatic carbocycles. The third-order valence-electron chi connectivity index (χ3n) is 10.5. The van der Waals surface area contributed by atoms with Crippen LogP contribution in [-0.4, -0.2) is 15.6 Å². The number of rotatable bonds is 6. The molecule has 3 nitrogen and oxygen atoms in total. The summed E-state index contributed by atoms with van der Waals surface area (Å²) in [6.45, 7) is 0. The minimum absolute atomic E-state index is 0.0656. The normalized spacial score (nSPS) is 14.1. The number of benzene rings is 7. The number of hydrogen-bond acceptors (Lipinski definition) is 1. The van der Waals surface area contributed by atoms with E-state index in [-0.39, 0.29) is 6.04 Å². The van der Waals surface area contributed by atoms with Crippen LogP contribution in [0.1, 0.15) is 16.8 Å². The molecule has 0 radical (unpaired) electrons. The molecule has 1 atom stereocenters. The molecule has 1 unspecified atom stereocenters. The van der Waals surface area contributed by atoms with Crippen LogP contribution in [0.15, 0.2) is 188 Å². The summed E-state index contributed by atoms with van der Waals surface area (Å²) in [4.78, 5) is 6.39. The lowest BCUT2D eigenvalue weighted by Crippen LogP contribution is -2.33. The Balaban J connectivity index is 1.20. The van der Waals surface area contributed by atoms with Gasteiger partial charge in [0.2, 0.25) is 0 Å². The molecule has 1 aliphatic carbocycles. The van der Waals surface area contributed by atoms with Gasteiger partial charge in [0.15, 0.2) is 0 Å². The minimum Gasteiger partial charge on any atom is -0.354 e. The number of aromatic amines is 1. The lowest BCUT2D eigenvalue weighted by Gasteiger charge is -2.35. The quantitative estimate of drug-likeness (QED) is 0.190. The van der Waals surface area contributed by atoms with E-state index in [4.69, 9.17) is 0 Å². The summed E-state index contributed by atoms with van der Waals surface area (Å²) in [5, 5.41) is 3.80. The van der Waals surface area contributed by atoms with Crippen LogP contribution in [0.5, 0.6) is 0 Å². The van der Waals surface area contributed by atoms with Crippen LogP contribution < -0.4 is 4.90 Å². The molecule has 10 rings (SSSR count). The van der Waals surface area contributed by atoms with Gasteiger partial charge < -0.3 is 14.5 Å².